The molecule has 7 nitrogen and oxygen atoms in total. The lowest BCUT2D eigenvalue weighted by Gasteiger charge is -2.18. The number of urea groups is 1. The lowest BCUT2D eigenvalue weighted by molar-refractivity contribution is -0.155. The van der Waals surface area contributed by atoms with Crippen LogP contribution in [0.15, 0.2) is 29.6 Å². The molecule has 0 spiro atoms. The predicted molar refractivity (Wildman–Crippen MR) is 87.8 cm³/mol. The van der Waals surface area contributed by atoms with E-state index in [1.165, 1.54) is 17.5 Å². The number of carboxylic acid groups (broad SMARTS) is 1. The Morgan fingerprint density at radius 1 is 1.31 bits per heavy atom. The minimum Gasteiger partial charge on any atom is -0.479 e. The first-order chi connectivity index (χ1) is 12.0. The molecule has 1 aromatic carbocycles. The lowest BCUT2D eigenvalue weighted by atomic mass is 10.1. The number of carboxylic acids is 1. The summed E-state index contributed by atoms with van der Waals surface area (Å²) in [4.78, 5) is 26.5. The zero-order valence-corrected chi connectivity index (χ0v) is 14.1. The molecule has 2 amide bonds. The van der Waals surface area contributed by atoms with Crippen molar-refractivity contribution in [1.29, 1.82) is 0 Å². The second-order valence-corrected chi connectivity index (χ2v) is 6.36. The van der Waals surface area contributed by atoms with Crippen LogP contribution in [-0.2, 0) is 11.0 Å². The average Bonchev–Trinajstić information content (AvgIpc) is 3.01. The summed E-state index contributed by atoms with van der Waals surface area (Å²) < 4.78 is 38.3. The first kappa shape index (κ1) is 19.7. The summed E-state index contributed by atoms with van der Waals surface area (Å²) in [6.45, 7) is 0.477. The van der Waals surface area contributed by atoms with E-state index in [1.54, 1.807) is 0 Å². The van der Waals surface area contributed by atoms with Gasteiger partial charge in [-0.2, -0.15) is 13.2 Å². The summed E-state index contributed by atoms with van der Waals surface area (Å²) in [6, 6.07) is 3.79. The number of aliphatic hydroxyl groups is 1. The van der Waals surface area contributed by atoms with Crippen LogP contribution in [-0.4, -0.2) is 39.3 Å². The highest BCUT2D eigenvalue weighted by Gasteiger charge is 2.31. The Hall–Kier alpha value is -2.66. The highest BCUT2D eigenvalue weighted by molar-refractivity contribution is 7.14. The molecule has 0 aliphatic rings. The number of aliphatic carboxylic acids is 1. The van der Waals surface area contributed by atoms with Gasteiger partial charge < -0.3 is 15.5 Å². The number of amides is 2. The molecule has 1 aromatic heterocycles. The highest BCUT2D eigenvalue weighted by Crippen LogP contribution is 2.33. The van der Waals surface area contributed by atoms with Gasteiger partial charge in [0.15, 0.2) is 10.7 Å². The van der Waals surface area contributed by atoms with Gasteiger partial charge in [-0.1, -0.05) is 12.1 Å². The maximum Gasteiger partial charge on any atom is 0.416 e. The summed E-state index contributed by atoms with van der Waals surface area (Å²) in [5, 5.41) is 24.3. The molecule has 2 rings (SSSR count). The van der Waals surface area contributed by atoms with Crippen LogP contribution >= 0.6 is 11.3 Å². The minimum atomic E-state index is -4.48. The van der Waals surface area contributed by atoms with Crippen molar-refractivity contribution in [2.24, 2.45) is 0 Å². The second-order valence-electron chi connectivity index (χ2n) is 5.50. The quantitative estimate of drug-likeness (QED) is 0.628. The van der Waals surface area contributed by atoms with Crippen molar-refractivity contribution in [2.45, 2.75) is 18.7 Å². The third kappa shape index (κ3) is 4.92. The van der Waals surface area contributed by atoms with Crippen molar-refractivity contribution in [3.05, 3.63) is 35.2 Å². The fraction of sp³-hybridized carbons (Fsp3) is 0.267. The Bertz CT molecular complexity index is 820. The molecule has 0 radical (unpaired) electrons. The van der Waals surface area contributed by atoms with Crippen LogP contribution in [0.4, 0.5) is 23.1 Å². The molecule has 0 aliphatic carbocycles. The number of halogens is 3. The Balaban J connectivity index is 2.04. The third-order valence-corrected chi connectivity index (χ3v) is 4.02. The Labute approximate surface area is 149 Å². The van der Waals surface area contributed by atoms with E-state index < -0.39 is 35.9 Å². The van der Waals surface area contributed by atoms with E-state index in [-0.39, 0.29) is 16.4 Å². The van der Waals surface area contributed by atoms with Gasteiger partial charge in [-0.05, 0) is 19.1 Å². The molecule has 2 aromatic rings. The number of hydrogen-bond acceptors (Lipinski definition) is 5. The molecule has 1 atom stereocenters. The summed E-state index contributed by atoms with van der Waals surface area (Å²) in [7, 11) is 0. The van der Waals surface area contributed by atoms with E-state index in [9.17, 15) is 27.9 Å². The molecule has 0 saturated heterocycles. The maximum absolute atomic E-state index is 12.8. The smallest absolute Gasteiger partial charge is 0.416 e. The molecule has 0 bridgehead atoms. The molecule has 11 heteroatoms. The monoisotopic (exact) mass is 389 g/mol. The van der Waals surface area contributed by atoms with Crippen molar-refractivity contribution in [3.63, 3.8) is 0 Å². The number of carbonyl (C=O) groups is 2. The molecular formula is C15H14F3N3O4S. The number of carbonyl (C=O) groups excluding carboxylic acids is 1. The van der Waals surface area contributed by atoms with E-state index in [0.29, 0.717) is 0 Å². The van der Waals surface area contributed by atoms with Gasteiger partial charge in [0, 0.05) is 10.9 Å². The molecule has 140 valence electrons. The van der Waals surface area contributed by atoms with Gasteiger partial charge >= 0.3 is 18.2 Å². The number of nitrogens with one attached hydrogen (secondary N) is 2. The first-order valence-corrected chi connectivity index (χ1v) is 8.01. The molecule has 0 aliphatic heterocycles. The normalized spacial score (nSPS) is 13.7. The molecule has 26 heavy (non-hydrogen) atoms. The average molecular weight is 389 g/mol. The largest absolute Gasteiger partial charge is 0.479 e. The number of aromatic nitrogens is 1. The van der Waals surface area contributed by atoms with Crippen molar-refractivity contribution < 1.29 is 33.0 Å². The van der Waals surface area contributed by atoms with Crippen LogP contribution in [0.5, 0.6) is 0 Å². The summed E-state index contributed by atoms with van der Waals surface area (Å²) in [5.74, 6) is -1.50. The lowest BCUT2D eigenvalue weighted by Crippen LogP contribution is -2.47. The number of anilines is 1. The van der Waals surface area contributed by atoms with Gasteiger partial charge in [-0.25, -0.2) is 14.6 Å². The van der Waals surface area contributed by atoms with E-state index in [0.717, 1.165) is 30.4 Å². The number of rotatable bonds is 5. The molecule has 0 saturated carbocycles. The zero-order valence-electron chi connectivity index (χ0n) is 13.3. The molecule has 1 unspecified atom stereocenters. The van der Waals surface area contributed by atoms with Crippen LogP contribution < -0.4 is 10.6 Å². The fourth-order valence-electron chi connectivity index (χ4n) is 1.79. The molecule has 4 N–H and O–H groups in total. The number of thiazole rings is 1. The Morgan fingerprint density at radius 3 is 2.62 bits per heavy atom. The van der Waals surface area contributed by atoms with Gasteiger partial charge in [0.05, 0.1) is 17.8 Å². The van der Waals surface area contributed by atoms with Gasteiger partial charge in [0.25, 0.3) is 0 Å². The molecule has 0 fully saturated rings. The van der Waals surface area contributed by atoms with Gasteiger partial charge in [0.2, 0.25) is 0 Å². The van der Waals surface area contributed by atoms with Crippen LogP contribution in [0.25, 0.3) is 11.3 Å². The predicted octanol–water partition coefficient (Wildman–Crippen LogP) is 2.79. The SMILES string of the molecule is CC(O)(CNC(=O)Nc1nc(-c2cccc(C(F)(F)F)c2)cs1)C(=O)O. The van der Waals surface area contributed by atoms with E-state index in [4.69, 9.17) is 5.11 Å². The second kappa shape index (κ2) is 7.30. The number of alkyl halides is 3. The minimum absolute atomic E-state index is 0.102. The van der Waals surface area contributed by atoms with Crippen molar-refractivity contribution >= 4 is 28.5 Å². The first-order valence-electron chi connectivity index (χ1n) is 7.13. The van der Waals surface area contributed by atoms with E-state index in [1.807, 2.05) is 0 Å². The molecular weight excluding hydrogens is 375 g/mol. The van der Waals surface area contributed by atoms with Crippen molar-refractivity contribution in [1.82, 2.24) is 10.3 Å². The number of benzene rings is 1. The van der Waals surface area contributed by atoms with Crippen LogP contribution in [0.1, 0.15) is 12.5 Å². The third-order valence-electron chi connectivity index (χ3n) is 3.26. The van der Waals surface area contributed by atoms with Gasteiger partial charge in [-0.15, -0.1) is 11.3 Å². The molecule has 1 heterocycles. The van der Waals surface area contributed by atoms with Crippen molar-refractivity contribution in [2.75, 3.05) is 11.9 Å². The standard InChI is InChI=1S/C15H14F3N3O4S/c1-14(25,11(22)23)7-19-12(24)21-13-20-10(6-26-13)8-3-2-4-9(5-8)15(16,17)18/h2-6,25H,7H2,1H3,(H,22,23)(H2,19,20,21,24). The fourth-order valence-corrected chi connectivity index (χ4v) is 2.50. The van der Waals surface area contributed by atoms with Crippen molar-refractivity contribution in [3.8, 4) is 11.3 Å². The maximum atomic E-state index is 12.8. The summed E-state index contributed by atoms with van der Waals surface area (Å²) in [5.41, 5.74) is -2.47. The topological polar surface area (TPSA) is 112 Å². The zero-order chi connectivity index (χ0) is 19.5. The van der Waals surface area contributed by atoms with Gasteiger partial charge in [-0.3, -0.25) is 5.32 Å². The Morgan fingerprint density at radius 2 is 2.00 bits per heavy atom. The van der Waals surface area contributed by atoms with Crippen LogP contribution in [0.2, 0.25) is 0 Å². The summed E-state index contributed by atoms with van der Waals surface area (Å²) >= 11 is 0.983. The van der Waals surface area contributed by atoms with E-state index >= 15 is 0 Å². The highest BCUT2D eigenvalue weighted by atomic mass is 32.1. The van der Waals surface area contributed by atoms with Crippen LogP contribution in [0, 0.1) is 0 Å². The summed E-state index contributed by atoms with van der Waals surface area (Å²) in [6.07, 6.45) is -4.48. The van der Waals surface area contributed by atoms with Gasteiger partial charge in [0.1, 0.15) is 0 Å². The van der Waals surface area contributed by atoms with E-state index in [2.05, 4.69) is 15.6 Å². The number of hydrogen-bond donors (Lipinski definition) is 4. The Kier molecular flexibility index (Phi) is 5.52. The van der Waals surface area contributed by atoms with Crippen LogP contribution in [0.3, 0.4) is 0 Å². The number of nitrogens with zero attached hydrogens (tertiary/aromatic N) is 1.